The molecule has 3 rings (SSSR count). The number of hydrogen-bond donors (Lipinski definition) is 5. The molecule has 0 aliphatic carbocycles. The van der Waals surface area contributed by atoms with Crippen LogP contribution in [0, 0.1) is 11.2 Å². The van der Waals surface area contributed by atoms with Gasteiger partial charge >= 0.3 is 0 Å². The number of hydrogen-bond acceptors (Lipinski definition) is 5. The van der Waals surface area contributed by atoms with Gasteiger partial charge < -0.3 is 26.6 Å². The molecule has 6 N–H and O–H groups in total. The van der Waals surface area contributed by atoms with Crippen molar-refractivity contribution in [1.82, 2.24) is 10.6 Å². The molecule has 0 unspecified atom stereocenters. The highest BCUT2D eigenvalue weighted by Gasteiger charge is 2.55. The van der Waals surface area contributed by atoms with Crippen molar-refractivity contribution in [1.29, 1.82) is 0 Å². The van der Waals surface area contributed by atoms with E-state index >= 15 is 4.39 Å². The molecule has 0 saturated carbocycles. The van der Waals surface area contributed by atoms with Gasteiger partial charge in [-0.25, -0.2) is 4.39 Å². The third-order valence-corrected chi connectivity index (χ3v) is 6.89. The highest BCUT2D eigenvalue weighted by atomic mass is 79.9. The van der Waals surface area contributed by atoms with Crippen LogP contribution in [0.15, 0.2) is 58.7 Å². The maximum absolute atomic E-state index is 15.4. The minimum atomic E-state index is -1.27. The molecule has 1 heterocycles. The van der Waals surface area contributed by atoms with E-state index in [2.05, 4.69) is 26.6 Å². The van der Waals surface area contributed by atoms with Gasteiger partial charge in [0.25, 0.3) is 0 Å². The van der Waals surface area contributed by atoms with E-state index in [1.807, 2.05) is 51.1 Å². The van der Waals surface area contributed by atoms with Gasteiger partial charge in [-0.3, -0.25) is 4.79 Å². The molecule has 6 nitrogen and oxygen atoms in total. The van der Waals surface area contributed by atoms with Crippen molar-refractivity contribution >= 4 is 33.4 Å². The Morgan fingerprint density at radius 1 is 1.31 bits per heavy atom. The summed E-state index contributed by atoms with van der Waals surface area (Å²) < 4.78 is 16.3. The van der Waals surface area contributed by atoms with Gasteiger partial charge in [-0.1, -0.05) is 78.6 Å². The van der Waals surface area contributed by atoms with Crippen LogP contribution in [0.3, 0.4) is 0 Å². The van der Waals surface area contributed by atoms with Crippen molar-refractivity contribution in [3.8, 4) is 0 Å². The summed E-state index contributed by atoms with van der Waals surface area (Å²) in [6.45, 7) is 5.78. The number of benzene rings is 2. The maximum atomic E-state index is 15.4. The first-order valence-electron chi connectivity index (χ1n) is 11.4. The molecule has 9 heteroatoms. The molecular weight excluding hydrogens is 537 g/mol. The second kappa shape index (κ2) is 11.0. The van der Waals surface area contributed by atoms with Crippen molar-refractivity contribution < 1.29 is 19.4 Å². The predicted molar refractivity (Wildman–Crippen MR) is 139 cm³/mol. The van der Waals surface area contributed by atoms with Crippen LogP contribution in [0.2, 0.25) is 5.02 Å². The molecule has 1 saturated heterocycles. The Morgan fingerprint density at radius 3 is 2.57 bits per heavy atom. The number of halogens is 3. The van der Waals surface area contributed by atoms with Crippen LogP contribution < -0.4 is 16.4 Å². The standard InChI is InChI=1S/C26H32BrClFN3O3/c1-25(2,3)13-20-26(30,15-7-9-16(27)10-8-15)21(18-5-4-6-19(28)22(18)29)23(32-20)24(35)31-12-11-17(34)14-33/h4-10,13,17,21,23,32-34H,11-12,14,30H2,1-3H3,(H,31,35)/b20-13-/t17-,21-,23+,26+/m0/s1. The van der Waals surface area contributed by atoms with Gasteiger partial charge in [-0.15, -0.1) is 0 Å². The Kier molecular flexibility index (Phi) is 8.65. The van der Waals surface area contributed by atoms with Gasteiger partial charge in [0.2, 0.25) is 5.91 Å². The SMILES string of the molecule is CC(C)(C)/C=C1\N[C@@H](C(=O)NCC[C@H](O)CO)[C@H](c2cccc(Cl)c2F)[C@@]1(N)c1ccc(Br)cc1. The van der Waals surface area contributed by atoms with E-state index in [0.717, 1.165) is 4.47 Å². The smallest absolute Gasteiger partial charge is 0.243 e. The summed E-state index contributed by atoms with van der Waals surface area (Å²) >= 11 is 9.59. The van der Waals surface area contributed by atoms with E-state index in [1.165, 1.54) is 6.07 Å². The lowest BCUT2D eigenvalue weighted by atomic mass is 9.72. The van der Waals surface area contributed by atoms with E-state index < -0.39 is 41.9 Å². The van der Waals surface area contributed by atoms with Crippen LogP contribution in [-0.4, -0.2) is 41.4 Å². The lowest BCUT2D eigenvalue weighted by Crippen LogP contribution is -2.47. The van der Waals surface area contributed by atoms with E-state index in [9.17, 15) is 9.90 Å². The number of rotatable bonds is 7. The third-order valence-electron chi connectivity index (χ3n) is 6.07. The van der Waals surface area contributed by atoms with Crippen LogP contribution >= 0.6 is 27.5 Å². The van der Waals surface area contributed by atoms with Gasteiger partial charge in [0.05, 0.1) is 23.3 Å². The van der Waals surface area contributed by atoms with Crippen LogP contribution in [0.25, 0.3) is 0 Å². The average Bonchev–Trinajstić information content (AvgIpc) is 3.07. The molecule has 0 spiro atoms. The fourth-order valence-corrected chi connectivity index (χ4v) is 4.87. The van der Waals surface area contributed by atoms with Crippen molar-refractivity contribution in [2.24, 2.45) is 11.1 Å². The van der Waals surface area contributed by atoms with Gasteiger partial charge in [-0.2, -0.15) is 0 Å². The fourth-order valence-electron chi connectivity index (χ4n) is 4.42. The number of nitrogens with two attached hydrogens (primary N) is 1. The molecule has 1 aliphatic heterocycles. The van der Waals surface area contributed by atoms with Gasteiger partial charge in [0.15, 0.2) is 0 Å². The summed E-state index contributed by atoms with van der Waals surface area (Å²) in [5.74, 6) is -1.86. The largest absolute Gasteiger partial charge is 0.394 e. The molecule has 4 atom stereocenters. The number of aliphatic hydroxyl groups is 2. The van der Waals surface area contributed by atoms with Crippen molar-refractivity contribution in [3.05, 3.63) is 80.7 Å². The Hall–Kier alpha value is -1.97. The summed E-state index contributed by atoms with van der Waals surface area (Å²) in [5, 5.41) is 24.7. The van der Waals surface area contributed by atoms with E-state index in [1.54, 1.807) is 12.1 Å². The van der Waals surface area contributed by atoms with Crippen LogP contribution in [0.1, 0.15) is 44.2 Å². The second-order valence-electron chi connectivity index (χ2n) is 9.96. The van der Waals surface area contributed by atoms with Crippen molar-refractivity contribution in [2.45, 2.75) is 50.8 Å². The number of carbonyl (C=O) groups is 1. The van der Waals surface area contributed by atoms with E-state index in [0.29, 0.717) is 11.3 Å². The Labute approximate surface area is 218 Å². The van der Waals surface area contributed by atoms with Crippen molar-refractivity contribution in [2.75, 3.05) is 13.2 Å². The molecule has 1 aliphatic rings. The third kappa shape index (κ3) is 6.06. The summed E-state index contributed by atoms with van der Waals surface area (Å²) in [6, 6.07) is 11.2. The molecule has 1 fully saturated rings. The molecule has 0 aromatic heterocycles. The Bertz CT molecular complexity index is 1090. The molecule has 35 heavy (non-hydrogen) atoms. The van der Waals surface area contributed by atoms with Crippen molar-refractivity contribution in [3.63, 3.8) is 0 Å². The predicted octanol–water partition coefficient (Wildman–Crippen LogP) is 3.94. The zero-order valence-corrected chi connectivity index (χ0v) is 22.3. The number of amides is 1. The van der Waals surface area contributed by atoms with Gasteiger partial charge in [0, 0.05) is 22.6 Å². The van der Waals surface area contributed by atoms with Crippen LogP contribution in [0.4, 0.5) is 4.39 Å². The van der Waals surface area contributed by atoms with Crippen LogP contribution in [-0.2, 0) is 10.3 Å². The monoisotopic (exact) mass is 567 g/mol. The molecule has 0 radical (unpaired) electrons. The zero-order valence-electron chi connectivity index (χ0n) is 20.0. The summed E-state index contributed by atoms with van der Waals surface area (Å²) in [6.07, 6.45) is 1.20. The van der Waals surface area contributed by atoms with E-state index in [-0.39, 0.29) is 29.0 Å². The lowest BCUT2D eigenvalue weighted by molar-refractivity contribution is -0.123. The Balaban J connectivity index is 2.17. The summed E-state index contributed by atoms with van der Waals surface area (Å²) in [5.41, 5.74) is 7.16. The number of allylic oxidation sites excluding steroid dienone is 1. The topological polar surface area (TPSA) is 108 Å². The normalized spacial score (nSPS) is 24.3. The van der Waals surface area contributed by atoms with Gasteiger partial charge in [0.1, 0.15) is 11.9 Å². The molecule has 190 valence electrons. The second-order valence-corrected chi connectivity index (χ2v) is 11.3. The minimum absolute atomic E-state index is 0.0564. The first-order valence-corrected chi connectivity index (χ1v) is 12.6. The number of aliphatic hydroxyl groups excluding tert-OH is 2. The summed E-state index contributed by atoms with van der Waals surface area (Å²) in [7, 11) is 0. The average molecular weight is 569 g/mol. The first-order chi connectivity index (χ1) is 16.4. The first kappa shape index (κ1) is 27.6. The molecular formula is C26H32BrClFN3O3. The fraction of sp³-hybridized carbons (Fsp3) is 0.423. The van der Waals surface area contributed by atoms with Gasteiger partial charge in [-0.05, 0) is 41.2 Å². The molecule has 2 aromatic carbocycles. The summed E-state index contributed by atoms with van der Waals surface area (Å²) in [4.78, 5) is 13.4. The zero-order chi connectivity index (χ0) is 26.0. The lowest BCUT2D eigenvalue weighted by Gasteiger charge is -2.35. The molecule has 0 bridgehead atoms. The van der Waals surface area contributed by atoms with Crippen LogP contribution in [0.5, 0.6) is 0 Å². The highest BCUT2D eigenvalue weighted by molar-refractivity contribution is 9.10. The molecule has 1 amide bonds. The van der Waals surface area contributed by atoms with E-state index in [4.69, 9.17) is 22.4 Å². The molecule has 2 aromatic rings. The quantitative estimate of drug-likeness (QED) is 0.348. The maximum Gasteiger partial charge on any atom is 0.243 e. The highest BCUT2D eigenvalue weighted by Crippen LogP contribution is 2.49. The number of carbonyl (C=O) groups excluding carboxylic acids is 1. The minimum Gasteiger partial charge on any atom is -0.394 e. The number of nitrogens with one attached hydrogen (secondary N) is 2. The Morgan fingerprint density at radius 2 is 1.97 bits per heavy atom.